The first kappa shape index (κ1) is 15.6. The van der Waals surface area contributed by atoms with Crippen LogP contribution in [0.3, 0.4) is 0 Å². The molecular formula is C19H20N2OS. The summed E-state index contributed by atoms with van der Waals surface area (Å²) in [5, 5.41) is 6.32. The number of aryl methyl sites for hydroxylation is 2. The van der Waals surface area contributed by atoms with Gasteiger partial charge in [0.1, 0.15) is 5.75 Å². The van der Waals surface area contributed by atoms with Gasteiger partial charge < -0.3 is 10.1 Å². The Bertz CT molecular complexity index is 793. The van der Waals surface area contributed by atoms with E-state index in [1.54, 1.807) is 11.3 Å². The fourth-order valence-electron chi connectivity index (χ4n) is 2.29. The topological polar surface area (TPSA) is 34.1 Å². The highest BCUT2D eigenvalue weighted by Crippen LogP contribution is 2.28. The lowest BCUT2D eigenvalue weighted by Gasteiger charge is -2.05. The van der Waals surface area contributed by atoms with Crippen LogP contribution in [-0.2, 0) is 0 Å². The lowest BCUT2D eigenvalue weighted by Crippen LogP contribution is -1.93. The Hall–Kier alpha value is -2.33. The van der Waals surface area contributed by atoms with Gasteiger partial charge in [0, 0.05) is 16.6 Å². The van der Waals surface area contributed by atoms with Crippen molar-refractivity contribution >= 4 is 22.2 Å². The zero-order valence-electron chi connectivity index (χ0n) is 13.6. The SMILES string of the molecule is CCOc1ccc(Nc2nc(-c3ccc(C)c(C)c3)cs2)cc1. The molecule has 3 rings (SSSR count). The van der Waals surface area contributed by atoms with E-state index in [1.165, 1.54) is 11.1 Å². The van der Waals surface area contributed by atoms with Crippen molar-refractivity contribution < 1.29 is 4.74 Å². The number of ether oxygens (including phenoxy) is 1. The number of benzene rings is 2. The third kappa shape index (κ3) is 3.71. The van der Waals surface area contributed by atoms with Gasteiger partial charge in [-0.05, 0) is 62.2 Å². The summed E-state index contributed by atoms with van der Waals surface area (Å²) in [5.74, 6) is 0.882. The minimum absolute atomic E-state index is 0.679. The Morgan fingerprint density at radius 3 is 2.52 bits per heavy atom. The minimum Gasteiger partial charge on any atom is -0.494 e. The molecular weight excluding hydrogens is 304 g/mol. The molecule has 0 aliphatic heterocycles. The van der Waals surface area contributed by atoms with Crippen molar-refractivity contribution in [1.82, 2.24) is 4.98 Å². The van der Waals surface area contributed by atoms with E-state index in [9.17, 15) is 0 Å². The van der Waals surface area contributed by atoms with E-state index >= 15 is 0 Å². The van der Waals surface area contributed by atoms with Crippen LogP contribution in [0.2, 0.25) is 0 Å². The molecule has 0 spiro atoms. The van der Waals surface area contributed by atoms with E-state index in [0.717, 1.165) is 27.8 Å². The first-order valence-electron chi connectivity index (χ1n) is 7.69. The first-order chi connectivity index (χ1) is 11.2. The molecule has 118 valence electrons. The number of nitrogens with one attached hydrogen (secondary N) is 1. The van der Waals surface area contributed by atoms with Crippen LogP contribution in [0.25, 0.3) is 11.3 Å². The normalized spacial score (nSPS) is 10.6. The summed E-state index contributed by atoms with van der Waals surface area (Å²) in [6, 6.07) is 14.4. The van der Waals surface area contributed by atoms with Gasteiger partial charge in [0.15, 0.2) is 5.13 Å². The van der Waals surface area contributed by atoms with Crippen LogP contribution in [0.1, 0.15) is 18.1 Å². The van der Waals surface area contributed by atoms with Crippen LogP contribution in [0.5, 0.6) is 5.75 Å². The average Bonchev–Trinajstić information content (AvgIpc) is 3.01. The highest BCUT2D eigenvalue weighted by Gasteiger charge is 2.06. The van der Waals surface area contributed by atoms with Gasteiger partial charge in [-0.25, -0.2) is 4.98 Å². The van der Waals surface area contributed by atoms with Gasteiger partial charge >= 0.3 is 0 Å². The molecule has 0 saturated carbocycles. The van der Waals surface area contributed by atoms with Gasteiger partial charge in [-0.3, -0.25) is 0 Å². The van der Waals surface area contributed by atoms with Crippen LogP contribution in [-0.4, -0.2) is 11.6 Å². The Balaban J connectivity index is 1.75. The highest BCUT2D eigenvalue weighted by molar-refractivity contribution is 7.14. The molecule has 3 nitrogen and oxygen atoms in total. The molecule has 0 saturated heterocycles. The largest absolute Gasteiger partial charge is 0.494 e. The Morgan fingerprint density at radius 1 is 1.04 bits per heavy atom. The quantitative estimate of drug-likeness (QED) is 0.666. The van der Waals surface area contributed by atoms with Gasteiger partial charge in [0.2, 0.25) is 0 Å². The first-order valence-corrected chi connectivity index (χ1v) is 8.56. The van der Waals surface area contributed by atoms with Crippen LogP contribution in [0, 0.1) is 13.8 Å². The standard InChI is InChI=1S/C19H20N2OS/c1-4-22-17-9-7-16(8-10-17)20-19-21-18(12-23-19)15-6-5-13(2)14(3)11-15/h5-12H,4H2,1-3H3,(H,20,21). The third-order valence-electron chi connectivity index (χ3n) is 3.72. The summed E-state index contributed by atoms with van der Waals surface area (Å²) < 4.78 is 5.45. The van der Waals surface area contributed by atoms with E-state index < -0.39 is 0 Å². The Labute approximate surface area is 141 Å². The maximum absolute atomic E-state index is 5.45. The second-order valence-electron chi connectivity index (χ2n) is 5.42. The molecule has 0 atom stereocenters. The van der Waals surface area contributed by atoms with Crippen LogP contribution < -0.4 is 10.1 Å². The summed E-state index contributed by atoms with van der Waals surface area (Å²) >= 11 is 1.61. The summed E-state index contributed by atoms with van der Waals surface area (Å²) in [6.45, 7) is 6.91. The molecule has 4 heteroatoms. The molecule has 0 bridgehead atoms. The van der Waals surface area contributed by atoms with Gasteiger partial charge in [0.05, 0.1) is 12.3 Å². The number of aromatic nitrogens is 1. The van der Waals surface area contributed by atoms with E-state index in [4.69, 9.17) is 4.74 Å². The summed E-state index contributed by atoms with van der Waals surface area (Å²) in [5.41, 5.74) is 5.76. The molecule has 0 aliphatic rings. The van der Waals surface area contributed by atoms with Gasteiger partial charge in [0.25, 0.3) is 0 Å². The molecule has 0 amide bonds. The fourth-order valence-corrected chi connectivity index (χ4v) is 3.03. The number of hydrogen-bond donors (Lipinski definition) is 1. The molecule has 1 heterocycles. The number of anilines is 2. The zero-order chi connectivity index (χ0) is 16.2. The van der Waals surface area contributed by atoms with Crippen molar-refractivity contribution in [2.24, 2.45) is 0 Å². The van der Waals surface area contributed by atoms with Crippen molar-refractivity contribution in [3.8, 4) is 17.0 Å². The van der Waals surface area contributed by atoms with Crippen molar-refractivity contribution in [3.05, 3.63) is 59.0 Å². The second kappa shape index (κ2) is 6.84. The minimum atomic E-state index is 0.679. The molecule has 0 radical (unpaired) electrons. The number of thiazole rings is 1. The molecule has 3 aromatic rings. The lowest BCUT2D eigenvalue weighted by molar-refractivity contribution is 0.340. The second-order valence-corrected chi connectivity index (χ2v) is 6.28. The Morgan fingerprint density at radius 2 is 1.83 bits per heavy atom. The summed E-state index contributed by atoms with van der Waals surface area (Å²) in [4.78, 5) is 4.68. The fraction of sp³-hybridized carbons (Fsp3) is 0.211. The van der Waals surface area contributed by atoms with E-state index in [1.807, 2.05) is 31.2 Å². The van der Waals surface area contributed by atoms with E-state index in [0.29, 0.717) is 6.61 Å². The van der Waals surface area contributed by atoms with Gasteiger partial charge in [-0.2, -0.15) is 0 Å². The molecule has 0 unspecified atom stereocenters. The molecule has 1 N–H and O–H groups in total. The highest BCUT2D eigenvalue weighted by atomic mass is 32.1. The van der Waals surface area contributed by atoms with Gasteiger partial charge in [-0.1, -0.05) is 12.1 Å². The molecule has 0 fully saturated rings. The molecule has 0 aliphatic carbocycles. The predicted octanol–water partition coefficient (Wildman–Crippen LogP) is 5.57. The van der Waals surface area contributed by atoms with Crippen molar-refractivity contribution in [1.29, 1.82) is 0 Å². The lowest BCUT2D eigenvalue weighted by atomic mass is 10.1. The van der Waals surface area contributed by atoms with Crippen molar-refractivity contribution in [2.45, 2.75) is 20.8 Å². The Kier molecular flexibility index (Phi) is 4.63. The predicted molar refractivity (Wildman–Crippen MR) is 97.9 cm³/mol. The smallest absolute Gasteiger partial charge is 0.187 e. The van der Waals surface area contributed by atoms with Crippen LogP contribution >= 0.6 is 11.3 Å². The summed E-state index contributed by atoms with van der Waals surface area (Å²) in [7, 11) is 0. The number of nitrogens with zero attached hydrogens (tertiary/aromatic N) is 1. The molecule has 2 aromatic carbocycles. The third-order valence-corrected chi connectivity index (χ3v) is 4.48. The zero-order valence-corrected chi connectivity index (χ0v) is 14.4. The van der Waals surface area contributed by atoms with Gasteiger partial charge in [-0.15, -0.1) is 11.3 Å². The van der Waals surface area contributed by atoms with Crippen molar-refractivity contribution in [3.63, 3.8) is 0 Å². The number of hydrogen-bond acceptors (Lipinski definition) is 4. The number of rotatable bonds is 5. The maximum atomic E-state index is 5.45. The molecule has 1 aromatic heterocycles. The average molecular weight is 324 g/mol. The maximum Gasteiger partial charge on any atom is 0.187 e. The summed E-state index contributed by atoms with van der Waals surface area (Å²) in [6.07, 6.45) is 0. The van der Waals surface area contributed by atoms with Crippen LogP contribution in [0.15, 0.2) is 47.8 Å². The monoisotopic (exact) mass is 324 g/mol. The molecule has 23 heavy (non-hydrogen) atoms. The van der Waals surface area contributed by atoms with Crippen molar-refractivity contribution in [2.75, 3.05) is 11.9 Å². The van der Waals surface area contributed by atoms with E-state index in [-0.39, 0.29) is 0 Å². The van der Waals surface area contributed by atoms with Crippen LogP contribution in [0.4, 0.5) is 10.8 Å². The van der Waals surface area contributed by atoms with E-state index in [2.05, 4.69) is 47.7 Å².